The first kappa shape index (κ1) is 8.02. The van der Waals surface area contributed by atoms with E-state index in [9.17, 15) is 0 Å². The molecule has 2 heteroatoms. The molecule has 10 heavy (non-hydrogen) atoms. The molecule has 1 unspecified atom stereocenters. The molecule has 0 N–H and O–H groups in total. The van der Waals surface area contributed by atoms with E-state index in [4.69, 9.17) is 4.74 Å². The van der Waals surface area contributed by atoms with Crippen molar-refractivity contribution >= 4 is 0 Å². The molecule has 1 fully saturated rings. The van der Waals surface area contributed by atoms with Gasteiger partial charge >= 0.3 is 0 Å². The minimum absolute atomic E-state index is 0.627. The number of hydrogen-bond acceptors (Lipinski definition) is 2. The van der Waals surface area contributed by atoms with Crippen molar-refractivity contribution in [1.82, 2.24) is 4.90 Å². The van der Waals surface area contributed by atoms with E-state index in [-0.39, 0.29) is 0 Å². The van der Waals surface area contributed by atoms with Crippen LogP contribution < -0.4 is 0 Å². The summed E-state index contributed by atoms with van der Waals surface area (Å²) in [5.41, 5.74) is 0. The van der Waals surface area contributed by atoms with Crippen molar-refractivity contribution in [2.45, 2.75) is 25.4 Å². The smallest absolute Gasteiger partial charge is 0.0810 e. The van der Waals surface area contributed by atoms with E-state index in [1.807, 2.05) is 0 Å². The maximum Gasteiger partial charge on any atom is 0.0810 e. The van der Waals surface area contributed by atoms with Gasteiger partial charge in [0.25, 0.3) is 0 Å². The van der Waals surface area contributed by atoms with Crippen LogP contribution in [0, 0.1) is 0 Å². The fraction of sp³-hybridized carbons (Fsp3) is 1.00. The third-order valence-corrected chi connectivity index (χ3v) is 1.78. The monoisotopic (exact) mass is 143 g/mol. The fourth-order valence-electron chi connectivity index (χ4n) is 1.03. The Labute approximate surface area is 63.2 Å². The van der Waals surface area contributed by atoms with Crippen LogP contribution in [0.4, 0.5) is 0 Å². The van der Waals surface area contributed by atoms with Gasteiger partial charge in [0.15, 0.2) is 0 Å². The van der Waals surface area contributed by atoms with Gasteiger partial charge in [-0.15, -0.1) is 0 Å². The van der Waals surface area contributed by atoms with Crippen molar-refractivity contribution in [1.29, 1.82) is 0 Å². The third-order valence-electron chi connectivity index (χ3n) is 1.78. The van der Waals surface area contributed by atoms with Gasteiger partial charge in [-0.3, -0.25) is 0 Å². The minimum atomic E-state index is 0.627. The normalized spacial score (nSPS) is 23.7. The van der Waals surface area contributed by atoms with E-state index in [1.165, 1.54) is 25.8 Å². The Bertz CT molecular complexity index is 85.3. The number of epoxide rings is 1. The van der Waals surface area contributed by atoms with Crippen molar-refractivity contribution in [3.8, 4) is 0 Å². The molecule has 0 aromatic carbocycles. The van der Waals surface area contributed by atoms with Crippen LogP contribution in [-0.4, -0.2) is 38.3 Å². The second-order valence-corrected chi connectivity index (χ2v) is 3.25. The van der Waals surface area contributed by atoms with Gasteiger partial charge in [-0.1, -0.05) is 0 Å². The second-order valence-electron chi connectivity index (χ2n) is 3.25. The average Bonchev–Trinajstić information content (AvgIpc) is 2.62. The number of ether oxygens (including phenoxy) is 1. The maximum atomic E-state index is 5.10. The quantitative estimate of drug-likeness (QED) is 0.423. The molecule has 0 saturated carbocycles. The van der Waals surface area contributed by atoms with Gasteiger partial charge in [-0.05, 0) is 39.9 Å². The van der Waals surface area contributed by atoms with E-state index in [2.05, 4.69) is 19.0 Å². The van der Waals surface area contributed by atoms with Gasteiger partial charge in [0.1, 0.15) is 0 Å². The Hall–Kier alpha value is -0.0800. The van der Waals surface area contributed by atoms with Gasteiger partial charge < -0.3 is 9.64 Å². The van der Waals surface area contributed by atoms with E-state index in [1.54, 1.807) is 0 Å². The summed E-state index contributed by atoms with van der Waals surface area (Å²) in [6.07, 6.45) is 4.53. The van der Waals surface area contributed by atoms with Crippen LogP contribution in [0.25, 0.3) is 0 Å². The maximum absolute atomic E-state index is 5.10. The number of unbranched alkanes of at least 4 members (excludes halogenated alkanes) is 1. The summed E-state index contributed by atoms with van der Waals surface area (Å²) in [6.45, 7) is 2.23. The van der Waals surface area contributed by atoms with Crippen LogP contribution in [0.15, 0.2) is 0 Å². The van der Waals surface area contributed by atoms with E-state index in [0.29, 0.717) is 6.10 Å². The van der Waals surface area contributed by atoms with Gasteiger partial charge in [0, 0.05) is 0 Å². The molecule has 0 spiro atoms. The van der Waals surface area contributed by atoms with Crippen molar-refractivity contribution in [3.63, 3.8) is 0 Å². The summed E-state index contributed by atoms with van der Waals surface area (Å²) in [4.78, 5) is 2.23. The molecule has 0 radical (unpaired) electrons. The van der Waals surface area contributed by atoms with Gasteiger partial charge in [0.05, 0.1) is 12.7 Å². The molecule has 1 aliphatic rings. The van der Waals surface area contributed by atoms with Crippen molar-refractivity contribution in [2.75, 3.05) is 27.2 Å². The Morgan fingerprint density at radius 1 is 1.40 bits per heavy atom. The van der Waals surface area contributed by atoms with Crippen LogP contribution in [-0.2, 0) is 4.74 Å². The molecule has 2 nitrogen and oxygen atoms in total. The van der Waals surface area contributed by atoms with Crippen molar-refractivity contribution < 1.29 is 4.74 Å². The molecule has 1 heterocycles. The number of rotatable bonds is 5. The Balaban J connectivity index is 1.76. The van der Waals surface area contributed by atoms with E-state index in [0.717, 1.165) is 6.61 Å². The predicted molar refractivity (Wildman–Crippen MR) is 42.1 cm³/mol. The first-order chi connectivity index (χ1) is 4.79. The molecule has 0 aromatic rings. The molecule has 0 aliphatic carbocycles. The van der Waals surface area contributed by atoms with Gasteiger partial charge in [-0.2, -0.15) is 0 Å². The van der Waals surface area contributed by atoms with Crippen molar-refractivity contribution in [3.05, 3.63) is 0 Å². The number of hydrogen-bond donors (Lipinski definition) is 0. The summed E-state index contributed by atoms with van der Waals surface area (Å²) < 4.78 is 5.10. The molecule has 1 saturated heterocycles. The van der Waals surface area contributed by atoms with Gasteiger partial charge in [-0.25, -0.2) is 0 Å². The Morgan fingerprint density at radius 2 is 2.10 bits per heavy atom. The van der Waals surface area contributed by atoms with Gasteiger partial charge in [0.2, 0.25) is 0 Å². The second kappa shape index (κ2) is 3.94. The largest absolute Gasteiger partial charge is 0.373 e. The molecule has 60 valence electrons. The highest BCUT2D eigenvalue weighted by Crippen LogP contribution is 2.16. The Kier molecular flexibility index (Phi) is 3.16. The van der Waals surface area contributed by atoms with Crippen LogP contribution in [0.5, 0.6) is 0 Å². The topological polar surface area (TPSA) is 15.8 Å². The van der Waals surface area contributed by atoms with Crippen molar-refractivity contribution in [2.24, 2.45) is 0 Å². The first-order valence-corrected chi connectivity index (χ1v) is 4.05. The fourth-order valence-corrected chi connectivity index (χ4v) is 1.03. The molecule has 0 bridgehead atoms. The molecule has 1 atom stereocenters. The van der Waals surface area contributed by atoms with Crippen LogP contribution in [0.3, 0.4) is 0 Å². The zero-order chi connectivity index (χ0) is 7.40. The molecule has 0 aromatic heterocycles. The first-order valence-electron chi connectivity index (χ1n) is 4.05. The lowest BCUT2D eigenvalue weighted by Gasteiger charge is -2.07. The highest BCUT2D eigenvalue weighted by Gasteiger charge is 2.20. The van der Waals surface area contributed by atoms with E-state index >= 15 is 0 Å². The standard InChI is InChI=1S/C8H17NO/c1-9(2)6-4-3-5-8-7-10-8/h8H,3-7H2,1-2H3. The summed E-state index contributed by atoms with van der Waals surface area (Å²) in [7, 11) is 4.24. The lowest BCUT2D eigenvalue weighted by Crippen LogP contribution is -2.12. The SMILES string of the molecule is CN(C)CCCCC1CO1. The number of nitrogens with zero attached hydrogens (tertiary/aromatic N) is 1. The summed E-state index contributed by atoms with van der Waals surface area (Å²) in [5.74, 6) is 0. The molecule has 1 rings (SSSR count). The molecular formula is C8H17NO. The van der Waals surface area contributed by atoms with E-state index < -0.39 is 0 Å². The van der Waals surface area contributed by atoms with Crippen LogP contribution in [0.1, 0.15) is 19.3 Å². The lowest BCUT2D eigenvalue weighted by atomic mass is 10.2. The summed E-state index contributed by atoms with van der Waals surface area (Å²) in [6, 6.07) is 0. The average molecular weight is 143 g/mol. The molecule has 0 amide bonds. The Morgan fingerprint density at radius 3 is 2.60 bits per heavy atom. The van der Waals surface area contributed by atoms with Crippen LogP contribution in [0.2, 0.25) is 0 Å². The molecule has 1 aliphatic heterocycles. The zero-order valence-corrected chi connectivity index (χ0v) is 6.97. The zero-order valence-electron chi connectivity index (χ0n) is 6.97. The molecular weight excluding hydrogens is 126 g/mol. The lowest BCUT2D eigenvalue weighted by molar-refractivity contribution is 0.364. The third kappa shape index (κ3) is 3.85. The predicted octanol–water partition coefficient (Wildman–Crippen LogP) is 1.12. The highest BCUT2D eigenvalue weighted by atomic mass is 16.6. The summed E-state index contributed by atoms with van der Waals surface area (Å²) >= 11 is 0. The minimum Gasteiger partial charge on any atom is -0.373 e. The highest BCUT2D eigenvalue weighted by molar-refractivity contribution is 4.68. The summed E-state index contributed by atoms with van der Waals surface area (Å²) in [5, 5.41) is 0. The van der Waals surface area contributed by atoms with Crippen LogP contribution >= 0.6 is 0 Å².